The first kappa shape index (κ1) is 31.0. The molecular formula is C28H44N8OS. The van der Waals surface area contributed by atoms with E-state index < -0.39 is 0 Å². The normalized spacial score (nSPS) is 13.1. The van der Waals surface area contributed by atoms with Gasteiger partial charge >= 0.3 is 0 Å². The van der Waals surface area contributed by atoms with Gasteiger partial charge in [-0.3, -0.25) is 5.10 Å². The molecule has 9 nitrogen and oxygen atoms in total. The first-order valence-corrected chi connectivity index (χ1v) is 13.9. The Balaban J connectivity index is 0.000000947. The third-order valence-electron chi connectivity index (χ3n) is 5.83. The average Bonchev–Trinajstić information content (AvgIpc) is 3.34. The van der Waals surface area contributed by atoms with Gasteiger partial charge in [-0.25, -0.2) is 9.97 Å². The van der Waals surface area contributed by atoms with E-state index in [1.54, 1.807) is 13.2 Å². The summed E-state index contributed by atoms with van der Waals surface area (Å²) >= 11 is 1.53. The van der Waals surface area contributed by atoms with Crippen molar-refractivity contribution in [3.8, 4) is 5.75 Å². The summed E-state index contributed by atoms with van der Waals surface area (Å²) in [4.78, 5) is 15.4. The van der Waals surface area contributed by atoms with Crippen LogP contribution >= 0.6 is 11.8 Å². The summed E-state index contributed by atoms with van der Waals surface area (Å²) in [5.41, 5.74) is 2.03. The zero-order chi connectivity index (χ0) is 28.1. The SMILES string of the molecule is C=CC.CC.CNc1ccc(Sc2nc(Nc3cc(C)[nH]n3)c(OC)c(N3CCC(N(C)C)CC3)n2)cc1. The van der Waals surface area contributed by atoms with Crippen LogP contribution in [0, 0.1) is 6.92 Å². The molecule has 0 aliphatic carbocycles. The minimum atomic E-state index is 0.582. The molecule has 3 aromatic rings. The van der Waals surface area contributed by atoms with E-state index in [0.717, 1.165) is 48.0 Å². The number of aromatic amines is 1. The predicted octanol–water partition coefficient (Wildman–Crippen LogP) is 6.20. The van der Waals surface area contributed by atoms with Crippen LogP contribution in [0.1, 0.15) is 39.3 Å². The minimum absolute atomic E-state index is 0.582. The lowest BCUT2D eigenvalue weighted by Crippen LogP contribution is -2.42. The number of nitrogens with zero attached hydrogens (tertiary/aromatic N) is 5. The Hall–Kier alpha value is -3.24. The molecule has 0 spiro atoms. The van der Waals surface area contributed by atoms with Crippen molar-refractivity contribution in [1.29, 1.82) is 0 Å². The summed E-state index contributed by atoms with van der Waals surface area (Å²) in [6.07, 6.45) is 3.91. The molecule has 0 saturated carbocycles. The second-order valence-electron chi connectivity index (χ2n) is 8.74. The molecule has 0 atom stereocenters. The van der Waals surface area contributed by atoms with E-state index in [9.17, 15) is 0 Å². The van der Waals surface area contributed by atoms with Gasteiger partial charge in [-0.15, -0.1) is 6.58 Å². The van der Waals surface area contributed by atoms with Gasteiger partial charge in [-0.2, -0.15) is 5.10 Å². The highest BCUT2D eigenvalue weighted by Gasteiger charge is 2.27. The van der Waals surface area contributed by atoms with Gasteiger partial charge in [0.2, 0.25) is 5.75 Å². The minimum Gasteiger partial charge on any atom is -0.490 e. The van der Waals surface area contributed by atoms with Crippen LogP contribution in [-0.2, 0) is 0 Å². The summed E-state index contributed by atoms with van der Waals surface area (Å²) in [6.45, 7) is 13.0. The molecule has 0 amide bonds. The summed E-state index contributed by atoms with van der Waals surface area (Å²) in [5.74, 6) is 2.75. The molecule has 3 heterocycles. The molecule has 10 heteroatoms. The molecule has 0 bridgehead atoms. The fourth-order valence-corrected chi connectivity index (χ4v) is 4.70. The third-order valence-corrected chi connectivity index (χ3v) is 6.70. The number of ether oxygens (including phenoxy) is 1. The maximum Gasteiger partial charge on any atom is 0.204 e. The summed E-state index contributed by atoms with van der Waals surface area (Å²) in [7, 11) is 7.87. The number of H-pyrrole nitrogens is 1. The molecule has 1 saturated heterocycles. The highest BCUT2D eigenvalue weighted by molar-refractivity contribution is 7.99. The lowest BCUT2D eigenvalue weighted by Gasteiger charge is -2.36. The van der Waals surface area contributed by atoms with Crippen LogP contribution in [-0.4, -0.2) is 72.4 Å². The maximum atomic E-state index is 5.82. The number of hydrogen-bond acceptors (Lipinski definition) is 9. The smallest absolute Gasteiger partial charge is 0.204 e. The number of aromatic nitrogens is 4. The Morgan fingerprint density at radius 1 is 1.16 bits per heavy atom. The van der Waals surface area contributed by atoms with Crippen LogP contribution in [0.15, 0.2) is 53.0 Å². The number of piperidine rings is 1. The highest BCUT2D eigenvalue weighted by atomic mass is 32.2. The van der Waals surface area contributed by atoms with Crippen LogP contribution in [0.4, 0.5) is 23.1 Å². The van der Waals surface area contributed by atoms with E-state index in [4.69, 9.17) is 14.7 Å². The Bertz CT molecular complexity index is 1110. The molecule has 1 aromatic carbocycles. The molecule has 1 aliphatic rings. The van der Waals surface area contributed by atoms with Gasteiger partial charge in [-0.05, 0) is 76.8 Å². The van der Waals surface area contributed by atoms with Crippen molar-refractivity contribution in [2.24, 2.45) is 0 Å². The Morgan fingerprint density at radius 3 is 2.29 bits per heavy atom. The largest absolute Gasteiger partial charge is 0.490 e. The zero-order valence-corrected chi connectivity index (χ0v) is 24.9. The number of methoxy groups -OCH3 is 1. The van der Waals surface area contributed by atoms with E-state index in [1.807, 2.05) is 52.9 Å². The monoisotopic (exact) mass is 540 g/mol. The van der Waals surface area contributed by atoms with Gasteiger partial charge in [0, 0.05) is 48.5 Å². The fourth-order valence-electron chi connectivity index (χ4n) is 3.94. The molecule has 0 unspecified atom stereocenters. The average molecular weight is 541 g/mol. The van der Waals surface area contributed by atoms with Crippen molar-refractivity contribution < 1.29 is 4.74 Å². The van der Waals surface area contributed by atoms with Crippen LogP contribution in [0.5, 0.6) is 5.75 Å². The Labute approximate surface area is 232 Å². The Morgan fingerprint density at radius 2 is 1.79 bits per heavy atom. The van der Waals surface area contributed by atoms with Gasteiger partial charge in [-0.1, -0.05) is 19.9 Å². The standard InChI is InChI=1S/C23H32N8OS.C3H6.C2H6/c1-15-14-19(29-28-15)25-21-20(32-5)22(31-12-10-17(11-13-31)30(3)4)27-23(26-21)33-18-8-6-16(24-2)7-9-18;1-3-2;1-2/h6-9,14,17,24H,10-13H2,1-5H3,(H2,25,26,27,28,29);3H,1H2,2H3;1-2H3. The predicted molar refractivity (Wildman–Crippen MR) is 161 cm³/mol. The van der Waals surface area contributed by atoms with E-state index in [0.29, 0.717) is 28.6 Å². The lowest BCUT2D eigenvalue weighted by molar-refractivity contribution is 0.248. The Kier molecular flexibility index (Phi) is 12.9. The molecule has 1 aliphatic heterocycles. The van der Waals surface area contributed by atoms with Crippen molar-refractivity contribution >= 4 is 34.9 Å². The molecule has 208 valence electrons. The third kappa shape index (κ3) is 8.66. The van der Waals surface area contributed by atoms with Gasteiger partial charge in [0.15, 0.2) is 22.6 Å². The quantitative estimate of drug-likeness (QED) is 0.228. The van der Waals surface area contributed by atoms with Crippen molar-refractivity contribution in [3.63, 3.8) is 0 Å². The highest BCUT2D eigenvalue weighted by Crippen LogP contribution is 2.39. The van der Waals surface area contributed by atoms with Crippen molar-refractivity contribution in [2.75, 3.05) is 56.9 Å². The first-order valence-electron chi connectivity index (χ1n) is 13.1. The molecular weight excluding hydrogens is 496 g/mol. The number of anilines is 4. The van der Waals surface area contributed by atoms with Crippen molar-refractivity contribution in [2.45, 2.75) is 56.6 Å². The van der Waals surface area contributed by atoms with Crippen LogP contribution in [0.3, 0.4) is 0 Å². The number of aryl methyl sites for hydroxylation is 1. The van der Waals surface area contributed by atoms with Crippen LogP contribution in [0.2, 0.25) is 0 Å². The van der Waals surface area contributed by atoms with E-state index in [1.165, 1.54) is 11.8 Å². The number of allylic oxidation sites excluding steroid dienone is 1. The van der Waals surface area contributed by atoms with Crippen LogP contribution in [0.25, 0.3) is 0 Å². The van der Waals surface area contributed by atoms with Gasteiger partial charge in [0.05, 0.1) is 7.11 Å². The molecule has 2 aromatic heterocycles. The number of hydrogen-bond donors (Lipinski definition) is 3. The first-order chi connectivity index (χ1) is 18.4. The molecule has 38 heavy (non-hydrogen) atoms. The number of rotatable bonds is 8. The zero-order valence-electron chi connectivity index (χ0n) is 24.1. The maximum absolute atomic E-state index is 5.82. The topological polar surface area (TPSA) is 94.2 Å². The van der Waals surface area contributed by atoms with Gasteiger partial charge in [0.25, 0.3) is 0 Å². The second kappa shape index (κ2) is 15.9. The summed E-state index contributed by atoms with van der Waals surface area (Å²) in [6, 6.07) is 10.7. The fraction of sp³-hybridized carbons (Fsp3) is 0.464. The molecule has 3 N–H and O–H groups in total. The summed E-state index contributed by atoms with van der Waals surface area (Å²) in [5, 5.41) is 14.4. The van der Waals surface area contributed by atoms with Crippen molar-refractivity contribution in [3.05, 3.63) is 48.7 Å². The van der Waals surface area contributed by atoms with E-state index in [-0.39, 0.29) is 0 Å². The van der Waals surface area contributed by atoms with E-state index >= 15 is 0 Å². The van der Waals surface area contributed by atoms with E-state index in [2.05, 4.69) is 63.4 Å². The number of nitrogens with one attached hydrogen (secondary N) is 3. The second-order valence-corrected chi connectivity index (χ2v) is 9.78. The summed E-state index contributed by atoms with van der Waals surface area (Å²) < 4.78 is 5.82. The van der Waals surface area contributed by atoms with Crippen LogP contribution < -0.4 is 20.3 Å². The van der Waals surface area contributed by atoms with Gasteiger partial charge in [0.1, 0.15) is 0 Å². The number of benzene rings is 1. The van der Waals surface area contributed by atoms with Crippen molar-refractivity contribution in [1.82, 2.24) is 25.1 Å². The molecule has 4 rings (SSSR count). The molecule has 1 fully saturated rings. The van der Waals surface area contributed by atoms with Gasteiger partial charge < -0.3 is 25.2 Å². The molecule has 0 radical (unpaired) electrons. The lowest BCUT2D eigenvalue weighted by atomic mass is 10.0.